The lowest BCUT2D eigenvalue weighted by Crippen LogP contribution is -2.23. The number of carbonyl (C=O) groups excluding carboxylic acids is 2. The Morgan fingerprint density at radius 3 is 2.92 bits per heavy atom. The zero-order valence-corrected chi connectivity index (χ0v) is 16.3. The fraction of sp³-hybridized carbons (Fsp3) is 0.571. The van der Waals surface area contributed by atoms with E-state index in [0.29, 0.717) is 31.6 Å². The number of amides is 1. The molecule has 1 saturated heterocycles. The highest BCUT2D eigenvalue weighted by Gasteiger charge is 2.14. The molecular weight excluding hydrogens is 344 g/mol. The van der Waals surface area contributed by atoms with Crippen molar-refractivity contribution in [2.45, 2.75) is 51.4 Å². The zero-order valence-electron chi connectivity index (χ0n) is 15.5. The van der Waals surface area contributed by atoms with Gasteiger partial charge in [-0.25, -0.2) is 0 Å². The van der Waals surface area contributed by atoms with E-state index < -0.39 is 0 Å². The molecule has 1 aromatic heterocycles. The standard InChI is InChI=1S/C21H30N2O2S/c24-20(9-2-1-6-19-12-15-26-17-19)10-5-14-23-21(25)11-3-7-18-8-4-13-22-16-18/h3-4,7-8,13,16,19H,1-2,5-6,9-12,14-15,17H2,(H,23,25)/b7-3+/t19-/m1/s1. The molecule has 0 aliphatic carbocycles. The van der Waals surface area contributed by atoms with Gasteiger partial charge < -0.3 is 5.32 Å². The van der Waals surface area contributed by atoms with Gasteiger partial charge >= 0.3 is 0 Å². The maximum atomic E-state index is 11.9. The van der Waals surface area contributed by atoms with E-state index in [4.69, 9.17) is 0 Å². The van der Waals surface area contributed by atoms with Gasteiger partial charge in [-0.3, -0.25) is 14.6 Å². The summed E-state index contributed by atoms with van der Waals surface area (Å²) in [6.45, 7) is 0.574. The minimum atomic E-state index is -0.00739. The van der Waals surface area contributed by atoms with Crippen LogP contribution in [0.15, 0.2) is 30.6 Å². The van der Waals surface area contributed by atoms with Crippen LogP contribution in [0.1, 0.15) is 56.9 Å². The topological polar surface area (TPSA) is 59.1 Å². The summed E-state index contributed by atoms with van der Waals surface area (Å²) in [5.41, 5.74) is 0.984. The van der Waals surface area contributed by atoms with Gasteiger partial charge in [0.15, 0.2) is 0 Å². The van der Waals surface area contributed by atoms with Gasteiger partial charge in [0, 0.05) is 38.2 Å². The van der Waals surface area contributed by atoms with Gasteiger partial charge in [0.2, 0.25) is 5.91 Å². The molecule has 1 N–H and O–H groups in total. The monoisotopic (exact) mass is 374 g/mol. The number of ketones is 1. The highest BCUT2D eigenvalue weighted by Crippen LogP contribution is 2.27. The molecule has 0 radical (unpaired) electrons. The molecule has 1 fully saturated rings. The summed E-state index contributed by atoms with van der Waals surface area (Å²) in [6, 6.07) is 3.81. The predicted octanol–water partition coefficient (Wildman–Crippen LogP) is 4.26. The molecule has 4 nitrogen and oxygen atoms in total. The normalized spacial score (nSPS) is 16.8. The molecule has 2 heterocycles. The first kappa shape index (κ1) is 20.7. The molecule has 0 unspecified atom stereocenters. The van der Waals surface area contributed by atoms with Gasteiger partial charge in [0.25, 0.3) is 0 Å². The van der Waals surface area contributed by atoms with E-state index in [1.807, 2.05) is 24.3 Å². The molecule has 0 aromatic carbocycles. The average Bonchev–Trinajstić information content (AvgIpc) is 3.17. The summed E-state index contributed by atoms with van der Waals surface area (Å²) in [5, 5.41) is 2.87. The van der Waals surface area contributed by atoms with Crippen molar-refractivity contribution in [3.8, 4) is 0 Å². The first-order valence-corrected chi connectivity index (χ1v) is 10.8. The predicted molar refractivity (Wildman–Crippen MR) is 109 cm³/mol. The van der Waals surface area contributed by atoms with Crippen LogP contribution >= 0.6 is 11.8 Å². The molecule has 26 heavy (non-hydrogen) atoms. The van der Waals surface area contributed by atoms with Gasteiger partial charge in [0.1, 0.15) is 5.78 Å². The maximum absolute atomic E-state index is 11.9. The third-order valence-corrected chi connectivity index (χ3v) is 5.83. The number of hydrogen-bond acceptors (Lipinski definition) is 4. The molecule has 142 valence electrons. The average molecular weight is 375 g/mol. The Hall–Kier alpha value is -1.62. The van der Waals surface area contributed by atoms with E-state index in [0.717, 1.165) is 24.3 Å². The molecule has 1 atom stereocenters. The molecule has 1 aliphatic heterocycles. The fourth-order valence-electron chi connectivity index (χ4n) is 3.05. The van der Waals surface area contributed by atoms with E-state index >= 15 is 0 Å². The minimum Gasteiger partial charge on any atom is -0.356 e. The van der Waals surface area contributed by atoms with Gasteiger partial charge in [-0.2, -0.15) is 11.8 Å². The number of rotatable bonds is 12. The van der Waals surface area contributed by atoms with E-state index in [1.165, 1.54) is 30.8 Å². The smallest absolute Gasteiger partial charge is 0.223 e. The van der Waals surface area contributed by atoms with Crippen molar-refractivity contribution in [2.75, 3.05) is 18.1 Å². The van der Waals surface area contributed by atoms with Crippen molar-refractivity contribution in [3.05, 3.63) is 36.2 Å². The van der Waals surface area contributed by atoms with Crippen LogP contribution in [0.4, 0.5) is 0 Å². The summed E-state index contributed by atoms with van der Waals surface area (Å²) in [5.74, 6) is 3.83. The van der Waals surface area contributed by atoms with Crippen molar-refractivity contribution < 1.29 is 9.59 Å². The number of unbranched alkanes of at least 4 members (excludes halogenated alkanes) is 1. The summed E-state index contributed by atoms with van der Waals surface area (Å²) in [6.07, 6.45) is 14.4. The van der Waals surface area contributed by atoms with Crippen LogP contribution in [-0.2, 0) is 9.59 Å². The maximum Gasteiger partial charge on any atom is 0.223 e. The van der Waals surface area contributed by atoms with E-state index in [9.17, 15) is 9.59 Å². The molecule has 1 amide bonds. The van der Waals surface area contributed by atoms with Crippen LogP contribution in [-0.4, -0.2) is 34.7 Å². The van der Waals surface area contributed by atoms with Crippen LogP contribution in [0.25, 0.3) is 6.08 Å². The molecule has 0 saturated carbocycles. The first-order valence-electron chi connectivity index (χ1n) is 9.67. The second-order valence-corrected chi connectivity index (χ2v) is 8.01. The fourth-order valence-corrected chi connectivity index (χ4v) is 4.39. The Kier molecular flexibility index (Phi) is 10.1. The van der Waals surface area contributed by atoms with Gasteiger partial charge in [-0.05, 0) is 54.7 Å². The van der Waals surface area contributed by atoms with Crippen molar-refractivity contribution in [1.29, 1.82) is 0 Å². The van der Waals surface area contributed by atoms with Crippen LogP contribution in [0.5, 0.6) is 0 Å². The molecule has 1 aliphatic rings. The number of aromatic nitrogens is 1. The van der Waals surface area contributed by atoms with Gasteiger partial charge in [-0.15, -0.1) is 0 Å². The third-order valence-electron chi connectivity index (χ3n) is 4.59. The minimum absolute atomic E-state index is 0.00739. The third kappa shape index (κ3) is 9.18. The molecule has 1 aromatic rings. The Balaban J connectivity index is 1.44. The number of nitrogens with one attached hydrogen (secondary N) is 1. The Bertz CT molecular complexity index is 569. The highest BCUT2D eigenvalue weighted by atomic mass is 32.2. The number of pyridine rings is 1. The lowest BCUT2D eigenvalue weighted by Gasteiger charge is -2.07. The Morgan fingerprint density at radius 2 is 2.15 bits per heavy atom. The number of nitrogens with zero attached hydrogens (tertiary/aromatic N) is 1. The summed E-state index contributed by atoms with van der Waals surface area (Å²) in [7, 11) is 0. The van der Waals surface area contributed by atoms with Crippen LogP contribution in [0.3, 0.4) is 0 Å². The SMILES string of the molecule is O=C(CCCC[C@@H]1CCSC1)CCCNC(=O)C/C=C/c1cccnc1. The van der Waals surface area contributed by atoms with Crippen molar-refractivity contribution >= 4 is 29.5 Å². The zero-order chi connectivity index (χ0) is 18.5. The summed E-state index contributed by atoms with van der Waals surface area (Å²) < 4.78 is 0. The van der Waals surface area contributed by atoms with E-state index in [1.54, 1.807) is 12.4 Å². The quantitative estimate of drug-likeness (QED) is 0.555. The molecular formula is C21H30N2O2S. The number of hydrogen-bond donors (Lipinski definition) is 1. The van der Waals surface area contributed by atoms with Crippen LogP contribution in [0.2, 0.25) is 0 Å². The first-order chi connectivity index (χ1) is 12.7. The summed E-state index contributed by atoms with van der Waals surface area (Å²) in [4.78, 5) is 27.7. The second kappa shape index (κ2) is 12.7. The highest BCUT2D eigenvalue weighted by molar-refractivity contribution is 7.99. The van der Waals surface area contributed by atoms with Crippen LogP contribution < -0.4 is 5.32 Å². The van der Waals surface area contributed by atoms with Crippen molar-refractivity contribution in [3.63, 3.8) is 0 Å². The number of Topliss-reactive ketones (excluding diaryl/α,β-unsaturated/α-hetero) is 1. The molecule has 0 spiro atoms. The summed E-state index contributed by atoms with van der Waals surface area (Å²) >= 11 is 2.06. The lowest BCUT2D eigenvalue weighted by atomic mass is 9.99. The largest absolute Gasteiger partial charge is 0.356 e. The molecule has 0 bridgehead atoms. The number of thioether (sulfide) groups is 1. The molecule has 2 rings (SSSR count). The second-order valence-electron chi connectivity index (χ2n) is 6.86. The van der Waals surface area contributed by atoms with E-state index in [-0.39, 0.29) is 5.91 Å². The van der Waals surface area contributed by atoms with Crippen LogP contribution in [0, 0.1) is 5.92 Å². The van der Waals surface area contributed by atoms with Gasteiger partial charge in [0.05, 0.1) is 0 Å². The Morgan fingerprint density at radius 1 is 1.27 bits per heavy atom. The van der Waals surface area contributed by atoms with Crippen molar-refractivity contribution in [1.82, 2.24) is 10.3 Å². The number of carbonyl (C=O) groups is 2. The molecule has 5 heteroatoms. The lowest BCUT2D eigenvalue weighted by molar-refractivity contribution is -0.121. The van der Waals surface area contributed by atoms with Gasteiger partial charge in [-0.1, -0.05) is 24.6 Å². The van der Waals surface area contributed by atoms with Crippen molar-refractivity contribution in [2.24, 2.45) is 5.92 Å². The Labute approximate surface area is 161 Å². The van der Waals surface area contributed by atoms with E-state index in [2.05, 4.69) is 22.1 Å².